The summed E-state index contributed by atoms with van der Waals surface area (Å²) in [4.78, 5) is 10.7. The summed E-state index contributed by atoms with van der Waals surface area (Å²) in [6, 6.07) is 0. The molecule has 1 aliphatic rings. The fraction of sp³-hybridized carbons (Fsp3) is 0.833. The third-order valence-electron chi connectivity index (χ3n) is 1.50. The Morgan fingerprint density at radius 2 is 2.25 bits per heavy atom. The van der Waals surface area contributed by atoms with E-state index in [9.17, 15) is 4.79 Å². The molecule has 1 saturated carbocycles. The molecule has 0 saturated heterocycles. The molecule has 1 atom stereocenters. The van der Waals surface area contributed by atoms with E-state index in [0.717, 1.165) is 25.7 Å². The van der Waals surface area contributed by atoms with Gasteiger partial charge in [0.05, 0.1) is 5.25 Å². The minimum Gasteiger partial charge on any atom is -0.298 e. The van der Waals surface area contributed by atoms with Crippen LogP contribution < -0.4 is 0 Å². The van der Waals surface area contributed by atoms with Crippen LogP contribution in [0.2, 0.25) is 0 Å². The van der Waals surface area contributed by atoms with Crippen LogP contribution in [0, 0.1) is 0 Å². The summed E-state index contributed by atoms with van der Waals surface area (Å²) in [5.74, 6) is 0.284. The van der Waals surface area contributed by atoms with E-state index in [4.69, 9.17) is 12.6 Å². The molecule has 1 radical (unpaired) electrons. The first-order chi connectivity index (χ1) is 3.80. The summed E-state index contributed by atoms with van der Waals surface area (Å²) in [5, 5.41) is -0.0521. The Morgan fingerprint density at radius 1 is 1.50 bits per heavy atom. The lowest BCUT2D eigenvalue weighted by molar-refractivity contribution is -0.119. The number of hydrogen-bond acceptors (Lipinski definition) is 1. The Kier molecular flexibility index (Phi) is 1.95. The summed E-state index contributed by atoms with van der Waals surface area (Å²) in [5.41, 5.74) is 0. The highest BCUT2D eigenvalue weighted by Gasteiger charge is 2.17. The molecule has 1 rings (SSSR count). The number of carbonyl (C=O) groups excluding carboxylic acids is 1. The molecule has 0 N–H and O–H groups in total. The van der Waals surface area contributed by atoms with Gasteiger partial charge in [0.2, 0.25) is 0 Å². The molecule has 1 nitrogen and oxygen atoms in total. The maximum atomic E-state index is 10.7. The van der Waals surface area contributed by atoms with Crippen LogP contribution >= 0.6 is 12.6 Å². The van der Waals surface area contributed by atoms with E-state index in [0.29, 0.717) is 0 Å². The van der Waals surface area contributed by atoms with Crippen molar-refractivity contribution in [1.82, 2.24) is 0 Å². The Hall–Kier alpha value is 0.0200. The molecule has 1 fully saturated rings. The quantitative estimate of drug-likeness (QED) is 0.486. The molecule has 45 valence electrons. The highest BCUT2D eigenvalue weighted by atomic mass is 32.1. The van der Waals surface area contributed by atoms with Gasteiger partial charge in [-0.25, -0.2) is 0 Å². The van der Waals surface area contributed by atoms with E-state index < -0.39 is 0 Å². The van der Waals surface area contributed by atoms with Crippen molar-refractivity contribution in [1.29, 1.82) is 0 Å². The molecular formula is C6H9OS. The van der Waals surface area contributed by atoms with Gasteiger partial charge in [0, 0.05) is 6.42 Å². The Balaban J connectivity index is 2.39. The maximum Gasteiger partial charge on any atom is 0.146 e. The van der Waals surface area contributed by atoms with E-state index >= 15 is 0 Å². The van der Waals surface area contributed by atoms with Crippen molar-refractivity contribution in [3.63, 3.8) is 0 Å². The normalized spacial score (nSPS) is 30.6. The Morgan fingerprint density at radius 3 is 2.62 bits per heavy atom. The van der Waals surface area contributed by atoms with Gasteiger partial charge in [-0.1, -0.05) is 19.0 Å². The van der Waals surface area contributed by atoms with Crippen LogP contribution in [0.1, 0.15) is 25.7 Å². The minimum absolute atomic E-state index is 0.0521. The molecule has 0 spiro atoms. The molecule has 0 aliphatic heterocycles. The molecule has 2 heteroatoms. The molecule has 0 bridgehead atoms. The monoisotopic (exact) mass is 129 g/mol. The fourth-order valence-corrected chi connectivity index (χ4v) is 1.24. The van der Waals surface area contributed by atoms with Gasteiger partial charge in [-0.05, 0) is 12.8 Å². The largest absolute Gasteiger partial charge is 0.298 e. The molecule has 8 heavy (non-hydrogen) atoms. The highest BCUT2D eigenvalue weighted by molar-refractivity contribution is 7.81. The Labute approximate surface area is 54.9 Å². The first kappa shape index (κ1) is 6.14. The summed E-state index contributed by atoms with van der Waals surface area (Å²) in [6.45, 7) is 0. The van der Waals surface area contributed by atoms with E-state index in [2.05, 4.69) is 0 Å². The second-order valence-corrected chi connectivity index (χ2v) is 2.77. The third-order valence-corrected chi connectivity index (χ3v) is 2.00. The van der Waals surface area contributed by atoms with Crippen molar-refractivity contribution < 1.29 is 4.79 Å². The third kappa shape index (κ3) is 1.25. The zero-order valence-electron chi connectivity index (χ0n) is 4.72. The standard InChI is InChI=1S/C6H9OS/c7-5-3-1-2-4-6(5)8/h6H,1-4H2. The number of rotatable bonds is 0. The molecular weight excluding hydrogens is 120 g/mol. The first-order valence-corrected chi connectivity index (χ1v) is 3.46. The summed E-state index contributed by atoms with van der Waals surface area (Å²) in [6.07, 6.45) is 3.88. The van der Waals surface area contributed by atoms with Gasteiger partial charge in [-0.15, -0.1) is 0 Å². The molecule has 0 aromatic heterocycles. The number of hydrogen-bond donors (Lipinski definition) is 0. The zero-order valence-corrected chi connectivity index (χ0v) is 5.54. The predicted molar refractivity (Wildman–Crippen MR) is 34.9 cm³/mol. The molecule has 1 unspecified atom stereocenters. The van der Waals surface area contributed by atoms with Crippen LogP contribution in [-0.4, -0.2) is 11.0 Å². The van der Waals surface area contributed by atoms with Crippen LogP contribution in [0.25, 0.3) is 0 Å². The van der Waals surface area contributed by atoms with Crippen molar-refractivity contribution in [3.05, 3.63) is 0 Å². The number of Topliss-reactive ketones (excluding diaryl/α,β-unsaturated/α-hetero) is 1. The minimum atomic E-state index is -0.0521. The highest BCUT2D eigenvalue weighted by Crippen LogP contribution is 2.18. The van der Waals surface area contributed by atoms with E-state index in [1.165, 1.54) is 0 Å². The average molecular weight is 129 g/mol. The van der Waals surface area contributed by atoms with Gasteiger partial charge in [0.15, 0.2) is 0 Å². The van der Waals surface area contributed by atoms with Crippen molar-refractivity contribution in [2.24, 2.45) is 0 Å². The van der Waals surface area contributed by atoms with E-state index in [1.54, 1.807) is 0 Å². The van der Waals surface area contributed by atoms with Gasteiger partial charge in [0.25, 0.3) is 0 Å². The number of carbonyl (C=O) groups is 1. The topological polar surface area (TPSA) is 17.1 Å². The summed E-state index contributed by atoms with van der Waals surface area (Å²) in [7, 11) is 0. The van der Waals surface area contributed by atoms with Crippen LogP contribution in [0.5, 0.6) is 0 Å². The zero-order chi connectivity index (χ0) is 5.98. The van der Waals surface area contributed by atoms with E-state index in [1.807, 2.05) is 0 Å². The maximum absolute atomic E-state index is 10.7. The van der Waals surface area contributed by atoms with Crippen LogP contribution in [0.3, 0.4) is 0 Å². The molecule has 1 aliphatic carbocycles. The van der Waals surface area contributed by atoms with Crippen molar-refractivity contribution in [2.75, 3.05) is 0 Å². The van der Waals surface area contributed by atoms with Crippen molar-refractivity contribution in [3.8, 4) is 0 Å². The predicted octanol–water partition coefficient (Wildman–Crippen LogP) is 1.70. The Bertz CT molecular complexity index is 101. The SMILES string of the molecule is O=C1CCCCC1[S]. The van der Waals surface area contributed by atoms with Crippen molar-refractivity contribution in [2.45, 2.75) is 30.9 Å². The second-order valence-electron chi connectivity index (χ2n) is 2.20. The lowest BCUT2D eigenvalue weighted by Gasteiger charge is -2.12. The van der Waals surface area contributed by atoms with Crippen LogP contribution in [0.15, 0.2) is 0 Å². The molecule has 0 aromatic carbocycles. The number of ketones is 1. The van der Waals surface area contributed by atoms with Gasteiger partial charge in [-0.2, -0.15) is 0 Å². The molecule has 0 heterocycles. The second kappa shape index (κ2) is 2.53. The van der Waals surface area contributed by atoms with E-state index in [-0.39, 0.29) is 11.0 Å². The van der Waals surface area contributed by atoms with Crippen molar-refractivity contribution >= 4 is 18.4 Å². The van der Waals surface area contributed by atoms with Gasteiger partial charge >= 0.3 is 0 Å². The fourth-order valence-electron chi connectivity index (χ4n) is 0.951. The molecule has 0 aromatic rings. The summed E-state index contributed by atoms with van der Waals surface area (Å²) < 4.78 is 0. The smallest absolute Gasteiger partial charge is 0.146 e. The van der Waals surface area contributed by atoms with Crippen LogP contribution in [0.4, 0.5) is 0 Å². The van der Waals surface area contributed by atoms with Gasteiger partial charge in [-0.3, -0.25) is 4.79 Å². The lowest BCUT2D eigenvalue weighted by atomic mass is 9.99. The lowest BCUT2D eigenvalue weighted by Crippen LogP contribution is -2.18. The molecule has 0 amide bonds. The first-order valence-electron chi connectivity index (χ1n) is 2.99. The average Bonchev–Trinajstić information content (AvgIpc) is 1.77. The van der Waals surface area contributed by atoms with Crippen LogP contribution in [-0.2, 0) is 4.79 Å². The summed E-state index contributed by atoms with van der Waals surface area (Å²) >= 11 is 4.86. The van der Waals surface area contributed by atoms with Gasteiger partial charge in [0.1, 0.15) is 5.78 Å². The van der Waals surface area contributed by atoms with Gasteiger partial charge < -0.3 is 0 Å².